The van der Waals surface area contributed by atoms with E-state index >= 15 is 0 Å². The van der Waals surface area contributed by atoms with E-state index < -0.39 is 17.6 Å². The molecule has 1 amide bonds. The van der Waals surface area contributed by atoms with Crippen LogP contribution in [-0.4, -0.2) is 12.5 Å². The molecule has 1 saturated heterocycles. The van der Waals surface area contributed by atoms with Crippen molar-refractivity contribution in [1.29, 1.82) is 0 Å². The molecule has 0 spiro atoms. The molecular weight excluding hydrogens is 272 g/mol. The molecule has 0 N–H and O–H groups in total. The van der Waals surface area contributed by atoms with Gasteiger partial charge in [-0.1, -0.05) is 18.2 Å². The van der Waals surface area contributed by atoms with Gasteiger partial charge >= 0.3 is 0 Å². The van der Waals surface area contributed by atoms with E-state index in [9.17, 15) is 13.6 Å². The van der Waals surface area contributed by atoms with Crippen molar-refractivity contribution in [3.05, 3.63) is 65.2 Å². The van der Waals surface area contributed by atoms with Gasteiger partial charge in [0.2, 0.25) is 5.91 Å². The van der Waals surface area contributed by atoms with Crippen molar-refractivity contribution in [3.63, 3.8) is 0 Å². The maximum absolute atomic E-state index is 13.3. The molecule has 0 aromatic heterocycles. The van der Waals surface area contributed by atoms with Crippen LogP contribution in [0, 0.1) is 18.6 Å². The van der Waals surface area contributed by atoms with E-state index in [0.717, 1.165) is 23.4 Å². The van der Waals surface area contributed by atoms with Crippen LogP contribution in [0.3, 0.4) is 0 Å². The van der Waals surface area contributed by atoms with Gasteiger partial charge in [-0.3, -0.25) is 4.79 Å². The zero-order chi connectivity index (χ0) is 15.0. The summed E-state index contributed by atoms with van der Waals surface area (Å²) >= 11 is 0. The summed E-state index contributed by atoms with van der Waals surface area (Å²) < 4.78 is 26.3. The Bertz CT molecular complexity index is 699. The summed E-state index contributed by atoms with van der Waals surface area (Å²) in [6, 6.07) is 11.4. The predicted molar refractivity (Wildman–Crippen MR) is 77.2 cm³/mol. The molecule has 1 fully saturated rings. The van der Waals surface area contributed by atoms with E-state index in [0.29, 0.717) is 18.5 Å². The van der Waals surface area contributed by atoms with Gasteiger partial charge in [0.05, 0.1) is 5.92 Å². The quantitative estimate of drug-likeness (QED) is 0.823. The van der Waals surface area contributed by atoms with Gasteiger partial charge < -0.3 is 4.90 Å². The van der Waals surface area contributed by atoms with Gasteiger partial charge in [-0.05, 0) is 48.7 Å². The van der Waals surface area contributed by atoms with E-state index in [1.54, 1.807) is 4.90 Å². The van der Waals surface area contributed by atoms with E-state index in [2.05, 4.69) is 0 Å². The third kappa shape index (κ3) is 2.53. The first-order valence-corrected chi connectivity index (χ1v) is 6.89. The lowest BCUT2D eigenvalue weighted by atomic mass is 9.97. The molecule has 0 saturated carbocycles. The summed E-state index contributed by atoms with van der Waals surface area (Å²) in [5, 5.41) is 0. The average Bonchev–Trinajstić information content (AvgIpc) is 2.84. The Hall–Kier alpha value is -2.23. The van der Waals surface area contributed by atoms with Crippen LogP contribution in [-0.2, 0) is 4.79 Å². The van der Waals surface area contributed by atoms with Crippen molar-refractivity contribution in [2.24, 2.45) is 0 Å². The fourth-order valence-corrected chi connectivity index (χ4v) is 2.77. The van der Waals surface area contributed by atoms with Gasteiger partial charge in [-0.2, -0.15) is 0 Å². The third-order valence-electron chi connectivity index (χ3n) is 3.86. The van der Waals surface area contributed by atoms with Crippen LogP contribution in [0.15, 0.2) is 42.5 Å². The molecule has 0 aliphatic carbocycles. The summed E-state index contributed by atoms with van der Waals surface area (Å²) in [5.74, 6) is -2.26. The zero-order valence-corrected chi connectivity index (χ0v) is 11.6. The van der Waals surface area contributed by atoms with E-state index in [1.807, 2.05) is 31.2 Å². The molecule has 3 rings (SSSR count). The molecule has 1 aliphatic rings. The standard InChI is InChI=1S/C17H15F2NO/c1-11-3-2-4-13(9-11)20-8-7-14(17(20)21)12-5-6-15(18)16(19)10-12/h2-6,9-10,14H,7-8H2,1H3. The lowest BCUT2D eigenvalue weighted by Gasteiger charge is -2.17. The maximum Gasteiger partial charge on any atom is 0.234 e. The number of aryl methyl sites for hydroxylation is 1. The van der Waals surface area contributed by atoms with Gasteiger partial charge in [-0.15, -0.1) is 0 Å². The van der Waals surface area contributed by atoms with Gasteiger partial charge in [0.25, 0.3) is 0 Å². The molecule has 1 unspecified atom stereocenters. The number of rotatable bonds is 2. The predicted octanol–water partition coefficient (Wildman–Crippen LogP) is 3.79. The maximum atomic E-state index is 13.3. The van der Waals surface area contributed by atoms with Crippen LogP contribution in [0.5, 0.6) is 0 Å². The van der Waals surface area contributed by atoms with Crippen LogP contribution >= 0.6 is 0 Å². The smallest absolute Gasteiger partial charge is 0.234 e. The third-order valence-corrected chi connectivity index (χ3v) is 3.86. The zero-order valence-electron chi connectivity index (χ0n) is 11.6. The number of nitrogens with zero attached hydrogens (tertiary/aromatic N) is 1. The van der Waals surface area contributed by atoms with Crippen molar-refractivity contribution >= 4 is 11.6 Å². The van der Waals surface area contributed by atoms with Crippen LogP contribution in [0.2, 0.25) is 0 Å². The van der Waals surface area contributed by atoms with Gasteiger partial charge in [-0.25, -0.2) is 8.78 Å². The first kappa shape index (κ1) is 13.7. The minimum absolute atomic E-state index is 0.0633. The summed E-state index contributed by atoms with van der Waals surface area (Å²) in [6.45, 7) is 2.56. The molecule has 2 aromatic rings. The number of hydrogen-bond donors (Lipinski definition) is 0. The normalized spacial score (nSPS) is 18.3. The van der Waals surface area contributed by atoms with Crippen molar-refractivity contribution in [1.82, 2.24) is 0 Å². The highest BCUT2D eigenvalue weighted by atomic mass is 19.2. The molecule has 2 nitrogen and oxygen atoms in total. The largest absolute Gasteiger partial charge is 0.312 e. The van der Waals surface area contributed by atoms with Crippen LogP contribution in [0.1, 0.15) is 23.5 Å². The molecule has 1 heterocycles. The Kier molecular flexibility index (Phi) is 3.45. The summed E-state index contributed by atoms with van der Waals surface area (Å²) in [4.78, 5) is 14.2. The first-order chi connectivity index (χ1) is 10.1. The summed E-state index contributed by atoms with van der Waals surface area (Å²) in [6.07, 6.45) is 0.609. The minimum Gasteiger partial charge on any atom is -0.312 e. The lowest BCUT2D eigenvalue weighted by Crippen LogP contribution is -2.26. The van der Waals surface area contributed by atoms with Crippen molar-refractivity contribution in [3.8, 4) is 0 Å². The highest BCUT2D eigenvalue weighted by molar-refractivity contribution is 6.00. The number of benzene rings is 2. The Morgan fingerprint density at radius 2 is 1.90 bits per heavy atom. The van der Waals surface area contributed by atoms with E-state index in [4.69, 9.17) is 0 Å². The van der Waals surface area contributed by atoms with Gasteiger partial charge in [0.15, 0.2) is 11.6 Å². The fourth-order valence-electron chi connectivity index (χ4n) is 2.77. The molecule has 2 aromatic carbocycles. The van der Waals surface area contributed by atoms with Crippen LogP contribution < -0.4 is 4.90 Å². The number of hydrogen-bond acceptors (Lipinski definition) is 1. The lowest BCUT2D eigenvalue weighted by molar-refractivity contribution is -0.118. The molecule has 0 radical (unpaired) electrons. The Morgan fingerprint density at radius 3 is 2.62 bits per heavy atom. The molecule has 1 atom stereocenters. The summed E-state index contributed by atoms with van der Waals surface area (Å²) in [7, 11) is 0. The molecule has 108 valence electrons. The van der Waals surface area contributed by atoms with Gasteiger partial charge in [0.1, 0.15) is 0 Å². The first-order valence-electron chi connectivity index (χ1n) is 6.89. The molecule has 0 bridgehead atoms. The van der Waals surface area contributed by atoms with Crippen molar-refractivity contribution < 1.29 is 13.6 Å². The number of anilines is 1. The number of carbonyl (C=O) groups is 1. The molecular formula is C17H15F2NO. The second-order valence-electron chi connectivity index (χ2n) is 5.34. The van der Waals surface area contributed by atoms with Crippen molar-refractivity contribution in [2.45, 2.75) is 19.3 Å². The average molecular weight is 287 g/mol. The molecule has 4 heteroatoms. The highest BCUT2D eigenvalue weighted by Gasteiger charge is 2.34. The number of amides is 1. The second kappa shape index (κ2) is 5.28. The van der Waals surface area contributed by atoms with E-state index in [1.165, 1.54) is 6.07 Å². The van der Waals surface area contributed by atoms with Gasteiger partial charge in [0, 0.05) is 12.2 Å². The molecule has 1 aliphatic heterocycles. The van der Waals surface area contributed by atoms with E-state index in [-0.39, 0.29) is 5.91 Å². The monoisotopic (exact) mass is 287 g/mol. The SMILES string of the molecule is Cc1cccc(N2CCC(c3ccc(F)c(F)c3)C2=O)c1. The minimum atomic E-state index is -0.908. The Morgan fingerprint density at radius 1 is 1.10 bits per heavy atom. The second-order valence-corrected chi connectivity index (χ2v) is 5.34. The highest BCUT2D eigenvalue weighted by Crippen LogP contribution is 2.32. The topological polar surface area (TPSA) is 20.3 Å². The van der Waals surface area contributed by atoms with Crippen LogP contribution in [0.25, 0.3) is 0 Å². The summed E-state index contributed by atoms with van der Waals surface area (Å²) in [5.41, 5.74) is 2.47. The number of carbonyl (C=O) groups excluding carboxylic acids is 1. The van der Waals surface area contributed by atoms with Crippen LogP contribution in [0.4, 0.5) is 14.5 Å². The van der Waals surface area contributed by atoms with Crippen molar-refractivity contribution in [2.75, 3.05) is 11.4 Å². The number of halogens is 2. The molecule has 21 heavy (non-hydrogen) atoms. The fraction of sp³-hybridized carbons (Fsp3) is 0.235. The Balaban J connectivity index is 1.88. The Labute approximate surface area is 122 Å².